The van der Waals surface area contributed by atoms with Crippen molar-refractivity contribution in [3.63, 3.8) is 0 Å². The second-order valence-corrected chi connectivity index (χ2v) is 8.63. The first kappa shape index (κ1) is 21.6. The Morgan fingerprint density at radius 1 is 1.26 bits per heavy atom. The van der Waals surface area contributed by atoms with E-state index in [9.17, 15) is 13.6 Å². The van der Waals surface area contributed by atoms with E-state index in [0.717, 1.165) is 18.7 Å². The number of benzene rings is 1. The van der Waals surface area contributed by atoms with Gasteiger partial charge in [0.2, 0.25) is 0 Å². The monoisotopic (exact) mass is 429 g/mol. The van der Waals surface area contributed by atoms with Gasteiger partial charge in [-0.3, -0.25) is 10.2 Å². The van der Waals surface area contributed by atoms with Crippen LogP contribution in [0.15, 0.2) is 36.8 Å². The Morgan fingerprint density at radius 2 is 2.03 bits per heavy atom. The first-order valence-electron chi connectivity index (χ1n) is 10.9. The van der Waals surface area contributed by atoms with Crippen LogP contribution in [0.25, 0.3) is 0 Å². The van der Waals surface area contributed by atoms with Gasteiger partial charge >= 0.3 is 0 Å². The number of carbonyl (C=O) groups excluding carboxylic acids is 1. The molecule has 0 radical (unpaired) electrons. The van der Waals surface area contributed by atoms with Gasteiger partial charge < -0.3 is 4.90 Å². The van der Waals surface area contributed by atoms with E-state index in [-0.39, 0.29) is 18.7 Å². The van der Waals surface area contributed by atoms with Crippen LogP contribution in [-0.2, 0) is 6.42 Å². The molecular formula is C23H29F2N5O. The predicted molar refractivity (Wildman–Crippen MR) is 115 cm³/mol. The Bertz CT molecular complexity index is 894. The van der Waals surface area contributed by atoms with E-state index in [1.54, 1.807) is 12.3 Å². The van der Waals surface area contributed by atoms with Crippen molar-refractivity contribution in [1.82, 2.24) is 20.4 Å². The maximum atomic E-state index is 13.5. The highest BCUT2D eigenvalue weighted by atomic mass is 19.3. The number of hydrogen-bond donors (Lipinski definition) is 1. The van der Waals surface area contributed by atoms with Crippen LogP contribution in [0.4, 0.5) is 14.5 Å². The molecule has 1 aliphatic heterocycles. The van der Waals surface area contributed by atoms with Gasteiger partial charge in [-0.15, -0.1) is 0 Å². The van der Waals surface area contributed by atoms with Gasteiger partial charge in [0.15, 0.2) is 0 Å². The van der Waals surface area contributed by atoms with Crippen molar-refractivity contribution in [1.29, 1.82) is 0 Å². The molecule has 31 heavy (non-hydrogen) atoms. The predicted octanol–water partition coefficient (Wildman–Crippen LogP) is 3.62. The van der Waals surface area contributed by atoms with E-state index in [4.69, 9.17) is 0 Å². The Labute approximate surface area is 181 Å². The second kappa shape index (κ2) is 9.26. The molecule has 0 bridgehead atoms. The SMILES string of the molecule is Cc1ccc(N2CCC(F)(F)CC2)cc1CCN(CC1CC1)NC(=O)c1ccncn1. The van der Waals surface area contributed by atoms with Gasteiger partial charge in [0.1, 0.15) is 12.0 Å². The van der Waals surface area contributed by atoms with Crippen molar-refractivity contribution in [3.8, 4) is 0 Å². The third-order valence-electron chi connectivity index (χ3n) is 6.09. The third kappa shape index (κ3) is 5.97. The van der Waals surface area contributed by atoms with E-state index in [2.05, 4.69) is 34.5 Å². The van der Waals surface area contributed by atoms with Crippen molar-refractivity contribution in [2.75, 3.05) is 31.1 Å². The molecule has 8 heteroatoms. The number of aromatic nitrogens is 2. The Hall–Kier alpha value is -2.61. The minimum absolute atomic E-state index is 0.0968. The van der Waals surface area contributed by atoms with Crippen LogP contribution >= 0.6 is 0 Å². The smallest absolute Gasteiger partial charge is 0.284 e. The minimum atomic E-state index is -2.55. The summed E-state index contributed by atoms with van der Waals surface area (Å²) in [6.45, 7) is 4.30. The van der Waals surface area contributed by atoms with E-state index < -0.39 is 5.92 Å². The lowest BCUT2D eigenvalue weighted by Crippen LogP contribution is -2.44. The zero-order valence-electron chi connectivity index (χ0n) is 17.9. The molecular weight excluding hydrogens is 400 g/mol. The standard InChI is InChI=1S/C23H29F2N5O/c1-17-2-5-20(29-12-8-23(24,25)9-13-29)14-19(17)7-11-30(15-18-3-4-18)28-22(31)21-6-10-26-16-27-21/h2,5-6,10,14,16,18H,3-4,7-9,11-13,15H2,1H3,(H,28,31). The van der Waals surface area contributed by atoms with Crippen LogP contribution in [0.5, 0.6) is 0 Å². The highest BCUT2D eigenvalue weighted by molar-refractivity contribution is 5.91. The summed E-state index contributed by atoms with van der Waals surface area (Å²) in [5.41, 5.74) is 6.67. The average Bonchev–Trinajstić information content (AvgIpc) is 3.58. The largest absolute Gasteiger partial charge is 0.371 e. The molecule has 0 atom stereocenters. The number of rotatable bonds is 8. The van der Waals surface area contributed by atoms with Crippen LogP contribution in [-0.4, -0.2) is 53.0 Å². The van der Waals surface area contributed by atoms with Gasteiger partial charge in [0.25, 0.3) is 11.8 Å². The molecule has 1 aliphatic carbocycles. The Kier molecular flexibility index (Phi) is 6.46. The first-order chi connectivity index (χ1) is 14.9. The third-order valence-corrected chi connectivity index (χ3v) is 6.09. The number of hydrogen-bond acceptors (Lipinski definition) is 5. The van der Waals surface area contributed by atoms with Gasteiger partial charge in [-0.2, -0.15) is 0 Å². The average molecular weight is 430 g/mol. The molecule has 1 aromatic carbocycles. The second-order valence-electron chi connectivity index (χ2n) is 8.63. The molecule has 2 fully saturated rings. The summed E-state index contributed by atoms with van der Waals surface area (Å²) in [4.78, 5) is 22.5. The van der Waals surface area contributed by atoms with E-state index in [0.29, 0.717) is 31.2 Å². The maximum Gasteiger partial charge on any atom is 0.284 e. The van der Waals surface area contributed by atoms with Crippen LogP contribution in [0.3, 0.4) is 0 Å². The summed E-state index contributed by atoms with van der Waals surface area (Å²) in [6, 6.07) is 7.78. The van der Waals surface area contributed by atoms with Crippen molar-refractivity contribution < 1.29 is 13.6 Å². The number of piperidine rings is 1. The number of alkyl halides is 2. The Balaban J connectivity index is 1.40. The zero-order valence-corrected chi connectivity index (χ0v) is 17.9. The normalized spacial score (nSPS) is 18.3. The summed E-state index contributed by atoms with van der Waals surface area (Å²) in [7, 11) is 0. The van der Waals surface area contributed by atoms with E-state index in [1.165, 1.54) is 30.3 Å². The molecule has 1 saturated carbocycles. The molecule has 1 aromatic heterocycles. The summed E-state index contributed by atoms with van der Waals surface area (Å²) < 4.78 is 27.0. The molecule has 0 spiro atoms. The number of aryl methyl sites for hydroxylation is 1. The molecule has 2 heterocycles. The molecule has 0 unspecified atom stereocenters. The lowest BCUT2D eigenvalue weighted by molar-refractivity contribution is -0.0220. The van der Waals surface area contributed by atoms with Crippen LogP contribution in [0.2, 0.25) is 0 Å². The fraction of sp³-hybridized carbons (Fsp3) is 0.522. The molecule has 4 rings (SSSR count). The van der Waals surface area contributed by atoms with Gasteiger partial charge in [0, 0.05) is 50.9 Å². The molecule has 1 saturated heterocycles. The maximum absolute atomic E-state index is 13.5. The number of anilines is 1. The minimum Gasteiger partial charge on any atom is -0.371 e. The number of nitrogens with one attached hydrogen (secondary N) is 1. The lowest BCUT2D eigenvalue weighted by atomic mass is 10.0. The molecule has 2 aliphatic rings. The van der Waals surface area contributed by atoms with Crippen molar-refractivity contribution in [2.24, 2.45) is 5.92 Å². The van der Waals surface area contributed by atoms with Crippen LogP contribution in [0.1, 0.15) is 47.3 Å². The van der Waals surface area contributed by atoms with Crippen molar-refractivity contribution >= 4 is 11.6 Å². The molecule has 1 amide bonds. The molecule has 6 nitrogen and oxygen atoms in total. The zero-order chi connectivity index (χ0) is 21.8. The topological polar surface area (TPSA) is 61.4 Å². The van der Waals surface area contributed by atoms with E-state index in [1.807, 2.05) is 16.0 Å². The van der Waals surface area contributed by atoms with Gasteiger partial charge in [-0.05, 0) is 61.4 Å². The quantitative estimate of drug-likeness (QED) is 0.650. The molecule has 1 N–H and O–H groups in total. The fourth-order valence-corrected chi connectivity index (χ4v) is 3.90. The van der Waals surface area contributed by atoms with Crippen LogP contribution < -0.4 is 10.3 Å². The number of hydrazine groups is 1. The summed E-state index contributed by atoms with van der Waals surface area (Å²) in [5.74, 6) is -2.16. The molecule has 166 valence electrons. The highest BCUT2D eigenvalue weighted by Crippen LogP contribution is 2.32. The number of amides is 1. The lowest BCUT2D eigenvalue weighted by Gasteiger charge is -2.33. The number of carbonyl (C=O) groups is 1. The highest BCUT2D eigenvalue weighted by Gasteiger charge is 2.34. The van der Waals surface area contributed by atoms with Gasteiger partial charge in [0.05, 0.1) is 0 Å². The molecule has 2 aromatic rings. The van der Waals surface area contributed by atoms with Crippen molar-refractivity contribution in [3.05, 3.63) is 53.6 Å². The Morgan fingerprint density at radius 3 is 2.71 bits per heavy atom. The number of nitrogens with zero attached hydrogens (tertiary/aromatic N) is 4. The van der Waals surface area contributed by atoms with Gasteiger partial charge in [-0.25, -0.2) is 23.8 Å². The summed E-state index contributed by atoms with van der Waals surface area (Å²) >= 11 is 0. The summed E-state index contributed by atoms with van der Waals surface area (Å²) in [5, 5.41) is 1.98. The first-order valence-corrected chi connectivity index (χ1v) is 10.9. The van der Waals surface area contributed by atoms with Gasteiger partial charge in [-0.1, -0.05) is 6.07 Å². The number of halogens is 2. The summed E-state index contributed by atoms with van der Waals surface area (Å²) in [6.07, 6.45) is 5.87. The fourth-order valence-electron chi connectivity index (χ4n) is 3.90. The van der Waals surface area contributed by atoms with Crippen molar-refractivity contribution in [2.45, 2.75) is 45.0 Å². The van der Waals surface area contributed by atoms with Crippen LogP contribution in [0, 0.1) is 12.8 Å². The van der Waals surface area contributed by atoms with E-state index >= 15 is 0 Å².